The number of hydrogen-bond donors (Lipinski definition) is 1. The van der Waals surface area contributed by atoms with Gasteiger partial charge in [-0.1, -0.05) is 0 Å². The summed E-state index contributed by atoms with van der Waals surface area (Å²) in [6.45, 7) is 4.97. The van der Waals surface area contributed by atoms with Gasteiger partial charge in [0.15, 0.2) is 0 Å². The van der Waals surface area contributed by atoms with E-state index in [4.69, 9.17) is 0 Å². The Balaban J connectivity index is 1.59. The monoisotopic (exact) mass is 346 g/mol. The van der Waals surface area contributed by atoms with E-state index in [1.807, 2.05) is 12.3 Å². The molecule has 1 saturated carbocycles. The summed E-state index contributed by atoms with van der Waals surface area (Å²) in [7, 11) is 0. The number of piperidine rings is 1. The van der Waals surface area contributed by atoms with Gasteiger partial charge in [0.25, 0.3) is 5.91 Å². The van der Waals surface area contributed by atoms with Crippen molar-refractivity contribution in [2.45, 2.75) is 38.8 Å². The molecule has 1 N–H and O–H groups in total. The summed E-state index contributed by atoms with van der Waals surface area (Å²) >= 11 is 3.33. The van der Waals surface area contributed by atoms with Crippen LogP contribution in [0.4, 0.5) is 0 Å². The predicted molar refractivity (Wildman–Crippen MR) is 96.2 cm³/mol. The zero-order chi connectivity index (χ0) is 15.9. The van der Waals surface area contributed by atoms with E-state index in [-0.39, 0.29) is 5.91 Å². The van der Waals surface area contributed by atoms with Gasteiger partial charge in [0.2, 0.25) is 0 Å². The standard InChI is InChI=1S/C18H22N2OS2/c1-13-10-23-12-15(13)17(21)20(9-14-2-7-22-11-14)16-8-18(16)3-5-19-6-4-18/h2,7,10-12,16,19H,3-6,8-9H2,1H3/t16-/m0/s1. The Kier molecular flexibility index (Phi) is 4.03. The number of thiophene rings is 2. The molecule has 1 aliphatic carbocycles. The van der Waals surface area contributed by atoms with Crippen LogP contribution >= 0.6 is 22.7 Å². The van der Waals surface area contributed by atoms with Crippen LogP contribution in [0.15, 0.2) is 27.6 Å². The van der Waals surface area contributed by atoms with Crippen LogP contribution in [0.5, 0.6) is 0 Å². The lowest BCUT2D eigenvalue weighted by atomic mass is 9.93. The minimum absolute atomic E-state index is 0.218. The van der Waals surface area contributed by atoms with E-state index in [1.54, 1.807) is 22.7 Å². The van der Waals surface area contributed by atoms with E-state index in [2.05, 4.69) is 32.4 Å². The Morgan fingerprint density at radius 3 is 2.78 bits per heavy atom. The van der Waals surface area contributed by atoms with Crippen LogP contribution in [0.2, 0.25) is 0 Å². The molecule has 1 aliphatic heterocycles. The quantitative estimate of drug-likeness (QED) is 0.910. The molecule has 2 aromatic rings. The summed E-state index contributed by atoms with van der Waals surface area (Å²) in [4.78, 5) is 15.3. The third kappa shape index (κ3) is 2.86. The molecule has 5 heteroatoms. The van der Waals surface area contributed by atoms with Crippen molar-refractivity contribution >= 4 is 28.6 Å². The Morgan fingerprint density at radius 1 is 1.30 bits per heavy atom. The highest BCUT2D eigenvalue weighted by molar-refractivity contribution is 7.08. The molecule has 2 aromatic heterocycles. The van der Waals surface area contributed by atoms with E-state index in [0.717, 1.165) is 30.8 Å². The highest BCUT2D eigenvalue weighted by Gasteiger charge is 2.57. The summed E-state index contributed by atoms with van der Waals surface area (Å²) in [5.41, 5.74) is 3.63. The van der Waals surface area contributed by atoms with Crippen molar-refractivity contribution in [3.8, 4) is 0 Å². The van der Waals surface area contributed by atoms with Gasteiger partial charge >= 0.3 is 0 Å². The molecule has 1 saturated heterocycles. The lowest BCUT2D eigenvalue weighted by Gasteiger charge is -2.29. The number of nitrogens with zero attached hydrogens (tertiary/aromatic N) is 1. The molecule has 0 bridgehead atoms. The third-order valence-electron chi connectivity index (χ3n) is 5.40. The Hall–Kier alpha value is -1.17. The molecule has 1 amide bonds. The second-order valence-electron chi connectivity index (χ2n) is 6.87. The van der Waals surface area contributed by atoms with Crippen molar-refractivity contribution in [1.29, 1.82) is 0 Å². The van der Waals surface area contributed by atoms with Crippen molar-refractivity contribution in [3.63, 3.8) is 0 Å². The molecule has 0 unspecified atom stereocenters. The van der Waals surface area contributed by atoms with Gasteiger partial charge in [-0.3, -0.25) is 4.79 Å². The normalized spacial score (nSPS) is 22.2. The number of nitrogens with one attached hydrogen (secondary N) is 1. The maximum absolute atomic E-state index is 13.2. The van der Waals surface area contributed by atoms with Crippen LogP contribution in [-0.4, -0.2) is 29.9 Å². The molecule has 2 fully saturated rings. The second-order valence-corrected chi connectivity index (χ2v) is 8.39. The zero-order valence-electron chi connectivity index (χ0n) is 13.4. The van der Waals surface area contributed by atoms with Crippen LogP contribution in [-0.2, 0) is 6.54 Å². The lowest BCUT2D eigenvalue weighted by molar-refractivity contribution is 0.0692. The van der Waals surface area contributed by atoms with E-state index < -0.39 is 0 Å². The van der Waals surface area contributed by atoms with Gasteiger partial charge in [-0.05, 0) is 78.0 Å². The molecule has 0 radical (unpaired) electrons. The first kappa shape index (κ1) is 15.4. The van der Waals surface area contributed by atoms with Crippen LogP contribution < -0.4 is 5.32 Å². The van der Waals surface area contributed by atoms with E-state index in [1.165, 1.54) is 24.8 Å². The fourth-order valence-corrected chi connectivity index (χ4v) is 5.35. The van der Waals surface area contributed by atoms with Crippen LogP contribution in [0, 0.1) is 12.3 Å². The first-order valence-electron chi connectivity index (χ1n) is 8.25. The van der Waals surface area contributed by atoms with Gasteiger partial charge < -0.3 is 10.2 Å². The maximum atomic E-state index is 13.2. The van der Waals surface area contributed by atoms with Crippen LogP contribution in [0.25, 0.3) is 0 Å². The second kappa shape index (κ2) is 6.04. The smallest absolute Gasteiger partial charge is 0.255 e. The van der Waals surface area contributed by atoms with Crippen molar-refractivity contribution in [3.05, 3.63) is 44.3 Å². The van der Waals surface area contributed by atoms with Gasteiger partial charge in [-0.25, -0.2) is 0 Å². The number of aryl methyl sites for hydroxylation is 1. The van der Waals surface area contributed by atoms with Crippen molar-refractivity contribution in [2.75, 3.05) is 13.1 Å². The van der Waals surface area contributed by atoms with Crippen molar-refractivity contribution < 1.29 is 4.79 Å². The molecular formula is C18H22N2OS2. The average molecular weight is 347 g/mol. The van der Waals surface area contributed by atoms with Gasteiger partial charge in [-0.15, -0.1) is 0 Å². The number of hydrogen-bond acceptors (Lipinski definition) is 4. The molecule has 0 aromatic carbocycles. The Bertz CT molecular complexity index is 686. The van der Waals surface area contributed by atoms with Gasteiger partial charge in [0.1, 0.15) is 0 Å². The number of carbonyl (C=O) groups is 1. The maximum Gasteiger partial charge on any atom is 0.255 e. The minimum atomic E-state index is 0.218. The molecule has 4 rings (SSSR count). The van der Waals surface area contributed by atoms with Gasteiger partial charge in [-0.2, -0.15) is 22.7 Å². The van der Waals surface area contributed by atoms with Crippen molar-refractivity contribution in [2.24, 2.45) is 5.41 Å². The Labute approximate surface area is 145 Å². The molecule has 23 heavy (non-hydrogen) atoms. The zero-order valence-corrected chi connectivity index (χ0v) is 15.0. The summed E-state index contributed by atoms with van der Waals surface area (Å²) in [5.74, 6) is 0.218. The summed E-state index contributed by atoms with van der Waals surface area (Å²) < 4.78 is 0. The average Bonchev–Trinajstić information content (AvgIpc) is 2.97. The topological polar surface area (TPSA) is 32.3 Å². The fraction of sp³-hybridized carbons (Fsp3) is 0.500. The largest absolute Gasteiger partial charge is 0.331 e. The SMILES string of the molecule is Cc1cscc1C(=O)N(Cc1ccsc1)[C@H]1CC12CCNCC2. The first-order valence-corrected chi connectivity index (χ1v) is 10.1. The van der Waals surface area contributed by atoms with E-state index >= 15 is 0 Å². The summed E-state index contributed by atoms with van der Waals surface area (Å²) in [5, 5.41) is 11.8. The number of amides is 1. The lowest BCUT2D eigenvalue weighted by Crippen LogP contribution is -2.39. The first-order chi connectivity index (χ1) is 11.2. The van der Waals surface area contributed by atoms with E-state index in [9.17, 15) is 4.79 Å². The Morgan fingerprint density at radius 2 is 2.13 bits per heavy atom. The molecule has 3 heterocycles. The van der Waals surface area contributed by atoms with Crippen molar-refractivity contribution in [1.82, 2.24) is 10.2 Å². The van der Waals surface area contributed by atoms with Crippen LogP contribution in [0.3, 0.4) is 0 Å². The highest BCUT2D eigenvalue weighted by atomic mass is 32.1. The fourth-order valence-electron chi connectivity index (χ4n) is 3.87. The molecular weight excluding hydrogens is 324 g/mol. The van der Waals surface area contributed by atoms with E-state index in [0.29, 0.717) is 11.5 Å². The molecule has 1 spiro atoms. The molecule has 122 valence electrons. The summed E-state index contributed by atoms with van der Waals surface area (Å²) in [6.07, 6.45) is 3.58. The van der Waals surface area contributed by atoms with Gasteiger partial charge in [0.05, 0.1) is 5.56 Å². The minimum Gasteiger partial charge on any atom is -0.331 e. The number of carbonyl (C=O) groups excluding carboxylic acids is 1. The van der Waals surface area contributed by atoms with Gasteiger partial charge in [0, 0.05) is 18.0 Å². The third-order valence-corrected chi connectivity index (χ3v) is 7.00. The predicted octanol–water partition coefficient (Wildman–Crippen LogP) is 3.90. The molecule has 1 atom stereocenters. The van der Waals surface area contributed by atoms with Crippen LogP contribution in [0.1, 0.15) is 40.7 Å². The molecule has 2 aliphatic rings. The molecule has 3 nitrogen and oxygen atoms in total. The summed E-state index contributed by atoms with van der Waals surface area (Å²) in [6, 6.07) is 2.56. The highest BCUT2D eigenvalue weighted by Crippen LogP contribution is 2.56. The number of rotatable bonds is 4.